The Hall–Kier alpha value is -0.0600. The third-order valence-electron chi connectivity index (χ3n) is 2.74. The number of benzene rings is 1. The Bertz CT molecular complexity index is 542. The summed E-state index contributed by atoms with van der Waals surface area (Å²) >= 11 is 17.5. The van der Waals surface area contributed by atoms with E-state index in [0.717, 1.165) is 15.8 Å². The van der Waals surface area contributed by atoms with Crippen molar-refractivity contribution in [3.05, 3.63) is 54.6 Å². The standard InChI is InChI=1S/C13H12BrCl2NS/c1-17-11(7-8-5-6-12(14)18-8)9-3-2-4-10(15)13(9)16/h2-6,11,17H,7H2,1H3. The highest BCUT2D eigenvalue weighted by Crippen LogP contribution is 2.33. The zero-order valence-corrected chi connectivity index (χ0v) is 13.6. The second-order valence-corrected chi connectivity index (χ2v) is 7.23. The van der Waals surface area contributed by atoms with Crippen LogP contribution in [0.1, 0.15) is 16.5 Å². The van der Waals surface area contributed by atoms with Crippen LogP contribution in [0.25, 0.3) is 0 Å². The van der Waals surface area contributed by atoms with Crippen LogP contribution in [0, 0.1) is 0 Å². The Morgan fingerprint density at radius 2 is 2.06 bits per heavy atom. The van der Waals surface area contributed by atoms with Crippen molar-refractivity contribution in [1.82, 2.24) is 5.32 Å². The van der Waals surface area contributed by atoms with E-state index in [9.17, 15) is 0 Å². The summed E-state index contributed by atoms with van der Waals surface area (Å²) in [5.74, 6) is 0. The van der Waals surface area contributed by atoms with E-state index in [2.05, 4.69) is 33.4 Å². The maximum Gasteiger partial charge on any atom is 0.0701 e. The predicted molar refractivity (Wildman–Crippen MR) is 84.0 cm³/mol. The van der Waals surface area contributed by atoms with Gasteiger partial charge in [0.1, 0.15) is 0 Å². The molecule has 1 heterocycles. The first-order valence-corrected chi connectivity index (χ1v) is 7.83. The average molecular weight is 365 g/mol. The molecule has 1 aromatic heterocycles. The SMILES string of the molecule is CNC(Cc1ccc(Br)s1)c1cccc(Cl)c1Cl. The van der Waals surface area contributed by atoms with Crippen LogP contribution in [0.15, 0.2) is 34.1 Å². The first-order valence-electron chi connectivity index (χ1n) is 5.47. The van der Waals surface area contributed by atoms with Crippen molar-refractivity contribution in [3.63, 3.8) is 0 Å². The highest BCUT2D eigenvalue weighted by molar-refractivity contribution is 9.11. The van der Waals surface area contributed by atoms with E-state index in [4.69, 9.17) is 23.2 Å². The molecule has 2 aromatic rings. The molecule has 0 saturated heterocycles. The lowest BCUT2D eigenvalue weighted by molar-refractivity contribution is 0.597. The second-order valence-electron chi connectivity index (χ2n) is 3.89. The third-order valence-corrected chi connectivity index (χ3v) is 5.22. The molecule has 0 fully saturated rings. The third kappa shape index (κ3) is 3.28. The average Bonchev–Trinajstić information content (AvgIpc) is 2.76. The number of hydrogen-bond acceptors (Lipinski definition) is 2. The van der Waals surface area contributed by atoms with Crippen molar-refractivity contribution in [2.24, 2.45) is 0 Å². The lowest BCUT2D eigenvalue weighted by Gasteiger charge is -2.17. The second kappa shape index (κ2) is 6.40. The molecule has 0 aliphatic rings. The molecule has 96 valence electrons. The highest BCUT2D eigenvalue weighted by atomic mass is 79.9. The monoisotopic (exact) mass is 363 g/mol. The van der Waals surface area contributed by atoms with Crippen LogP contribution in [0.5, 0.6) is 0 Å². The molecule has 0 bridgehead atoms. The van der Waals surface area contributed by atoms with Crippen LogP contribution in [0.3, 0.4) is 0 Å². The largest absolute Gasteiger partial charge is 0.313 e. The lowest BCUT2D eigenvalue weighted by atomic mass is 10.0. The first kappa shape index (κ1) is 14.4. The molecule has 2 rings (SSSR count). The summed E-state index contributed by atoms with van der Waals surface area (Å²) in [5.41, 5.74) is 1.04. The molecule has 1 atom stereocenters. The Balaban J connectivity index is 2.25. The Labute approximate surface area is 129 Å². The summed E-state index contributed by atoms with van der Waals surface area (Å²) in [6.07, 6.45) is 0.896. The van der Waals surface area contributed by atoms with Crippen molar-refractivity contribution in [1.29, 1.82) is 0 Å². The van der Waals surface area contributed by atoms with E-state index in [1.165, 1.54) is 4.88 Å². The number of thiophene rings is 1. The fraction of sp³-hybridized carbons (Fsp3) is 0.231. The van der Waals surface area contributed by atoms with Crippen molar-refractivity contribution < 1.29 is 0 Å². The Morgan fingerprint density at radius 1 is 1.28 bits per heavy atom. The van der Waals surface area contributed by atoms with Gasteiger partial charge in [-0.2, -0.15) is 0 Å². The molecule has 0 amide bonds. The van der Waals surface area contributed by atoms with Gasteiger partial charge in [-0.1, -0.05) is 35.3 Å². The molecule has 5 heteroatoms. The van der Waals surface area contributed by atoms with Gasteiger partial charge in [-0.15, -0.1) is 11.3 Å². The fourth-order valence-electron chi connectivity index (χ4n) is 1.82. The van der Waals surface area contributed by atoms with Gasteiger partial charge in [-0.3, -0.25) is 0 Å². The van der Waals surface area contributed by atoms with E-state index in [-0.39, 0.29) is 6.04 Å². The number of halogens is 3. The summed E-state index contributed by atoms with van der Waals surface area (Å²) in [6.45, 7) is 0. The van der Waals surface area contributed by atoms with Gasteiger partial charge in [0.2, 0.25) is 0 Å². The molecule has 0 saturated carbocycles. The minimum atomic E-state index is 0.168. The lowest BCUT2D eigenvalue weighted by Crippen LogP contribution is -2.18. The van der Waals surface area contributed by atoms with Crippen LogP contribution in [0.2, 0.25) is 10.0 Å². The van der Waals surface area contributed by atoms with E-state index in [0.29, 0.717) is 10.0 Å². The van der Waals surface area contributed by atoms with Crippen molar-refractivity contribution in [2.45, 2.75) is 12.5 Å². The topological polar surface area (TPSA) is 12.0 Å². The summed E-state index contributed by atoms with van der Waals surface area (Å²) in [4.78, 5) is 1.30. The maximum atomic E-state index is 6.26. The quantitative estimate of drug-likeness (QED) is 0.773. The van der Waals surface area contributed by atoms with Crippen LogP contribution >= 0.6 is 50.5 Å². The molecular weight excluding hydrogens is 353 g/mol. The molecule has 18 heavy (non-hydrogen) atoms. The fourth-order valence-corrected chi connectivity index (χ4v) is 3.79. The van der Waals surface area contributed by atoms with Crippen LogP contribution in [-0.2, 0) is 6.42 Å². The van der Waals surface area contributed by atoms with Crippen LogP contribution in [0.4, 0.5) is 0 Å². The van der Waals surface area contributed by atoms with Crippen molar-refractivity contribution in [3.8, 4) is 0 Å². The van der Waals surface area contributed by atoms with E-state index in [1.54, 1.807) is 11.3 Å². The van der Waals surface area contributed by atoms with Gasteiger partial charge >= 0.3 is 0 Å². The van der Waals surface area contributed by atoms with Crippen molar-refractivity contribution >= 4 is 50.5 Å². The summed E-state index contributed by atoms with van der Waals surface area (Å²) in [6, 6.07) is 10.1. The number of rotatable bonds is 4. The van der Waals surface area contributed by atoms with Gasteiger partial charge in [0, 0.05) is 17.3 Å². The molecule has 1 nitrogen and oxygen atoms in total. The molecule has 0 radical (unpaired) electrons. The van der Waals surface area contributed by atoms with Gasteiger partial charge in [0.25, 0.3) is 0 Å². The van der Waals surface area contributed by atoms with E-state index < -0.39 is 0 Å². The van der Waals surface area contributed by atoms with Crippen LogP contribution in [-0.4, -0.2) is 7.05 Å². The Morgan fingerprint density at radius 3 is 2.67 bits per heavy atom. The van der Waals surface area contributed by atoms with Gasteiger partial charge in [0.15, 0.2) is 0 Å². The molecule has 1 aromatic carbocycles. The van der Waals surface area contributed by atoms with E-state index >= 15 is 0 Å². The Kier molecular flexibility index (Phi) is 5.10. The van der Waals surface area contributed by atoms with Gasteiger partial charge in [0.05, 0.1) is 13.8 Å². The van der Waals surface area contributed by atoms with Gasteiger partial charge in [-0.05, 0) is 46.7 Å². The molecule has 0 aliphatic carbocycles. The minimum absolute atomic E-state index is 0.168. The summed E-state index contributed by atoms with van der Waals surface area (Å²) in [7, 11) is 1.94. The predicted octanol–water partition coefficient (Wildman–Crippen LogP) is 5.32. The number of nitrogens with one attached hydrogen (secondary N) is 1. The van der Waals surface area contributed by atoms with Gasteiger partial charge < -0.3 is 5.32 Å². The maximum absolute atomic E-state index is 6.26. The van der Waals surface area contributed by atoms with E-state index in [1.807, 2.05) is 25.2 Å². The number of likely N-dealkylation sites (N-methyl/N-ethyl adjacent to an activating group) is 1. The minimum Gasteiger partial charge on any atom is -0.313 e. The molecule has 1 N–H and O–H groups in total. The summed E-state index contributed by atoms with van der Waals surface area (Å²) in [5, 5.41) is 4.52. The molecule has 0 aliphatic heterocycles. The normalized spacial score (nSPS) is 12.7. The molecule has 1 unspecified atom stereocenters. The van der Waals surface area contributed by atoms with Crippen molar-refractivity contribution in [2.75, 3.05) is 7.05 Å². The van der Waals surface area contributed by atoms with Gasteiger partial charge in [-0.25, -0.2) is 0 Å². The molecule has 0 spiro atoms. The molecular formula is C13H12BrCl2NS. The number of hydrogen-bond donors (Lipinski definition) is 1. The van der Waals surface area contributed by atoms with Crippen LogP contribution < -0.4 is 5.32 Å². The smallest absolute Gasteiger partial charge is 0.0701 e. The highest BCUT2D eigenvalue weighted by Gasteiger charge is 2.16. The zero-order chi connectivity index (χ0) is 13.1. The zero-order valence-electron chi connectivity index (χ0n) is 9.71. The summed E-state index contributed by atoms with van der Waals surface area (Å²) < 4.78 is 1.14. The first-order chi connectivity index (χ1) is 8.61.